The molecule has 202 valence electrons. The molecule has 0 spiro atoms. The number of rotatable bonds is 11. The molecule has 1 aromatic carbocycles. The Hall–Kier alpha value is -2.10. The molecule has 0 aromatic heterocycles. The minimum Gasteiger partial charge on any atom is -0.491 e. The number of alkyl halides is 3. The summed E-state index contributed by atoms with van der Waals surface area (Å²) in [5.74, 6) is -0.886. The van der Waals surface area contributed by atoms with Gasteiger partial charge < -0.3 is 24.8 Å². The highest BCUT2D eigenvalue weighted by Gasteiger charge is 2.43. The number of carbonyl (C=O) groups is 1. The van der Waals surface area contributed by atoms with E-state index in [0.29, 0.717) is 25.9 Å². The van der Waals surface area contributed by atoms with E-state index < -0.39 is 29.9 Å². The number of halogens is 3. The maximum Gasteiger partial charge on any atom is 0.416 e. The molecule has 2 aliphatic rings. The van der Waals surface area contributed by atoms with Gasteiger partial charge in [-0.15, -0.1) is 0 Å². The fraction of sp³-hybridized carbons (Fsp3) is 0.667. The Labute approximate surface area is 210 Å². The average Bonchev–Trinajstić information content (AvgIpc) is 2.99. The van der Waals surface area contributed by atoms with Crippen LogP contribution in [0.25, 0.3) is 0 Å². The number of hydrogen-bond donors (Lipinski definition) is 3. The third-order valence-corrected chi connectivity index (χ3v) is 7.39. The Bertz CT molecular complexity index is 873. The molecule has 0 bridgehead atoms. The van der Waals surface area contributed by atoms with E-state index in [1.165, 1.54) is 18.2 Å². The van der Waals surface area contributed by atoms with Gasteiger partial charge in [0.1, 0.15) is 18.5 Å². The number of fused-ring (bicyclic) bond motifs is 1. The molecule has 1 unspecified atom stereocenters. The largest absolute Gasteiger partial charge is 0.491 e. The molecule has 3 N–H and O–H groups in total. The summed E-state index contributed by atoms with van der Waals surface area (Å²) in [6.07, 6.45) is 2.24. The Morgan fingerprint density at radius 1 is 1.28 bits per heavy atom. The van der Waals surface area contributed by atoms with E-state index in [2.05, 4.69) is 0 Å². The summed E-state index contributed by atoms with van der Waals surface area (Å²) < 4.78 is 50.0. The van der Waals surface area contributed by atoms with E-state index in [0.717, 1.165) is 37.8 Å². The first-order valence-corrected chi connectivity index (χ1v) is 12.8. The maximum absolute atomic E-state index is 12.9. The molecule has 0 amide bonds. The highest BCUT2D eigenvalue weighted by atomic mass is 19.4. The molecule has 7 atom stereocenters. The molecule has 1 heterocycles. The second-order valence-electron chi connectivity index (χ2n) is 10.0. The van der Waals surface area contributed by atoms with Crippen molar-refractivity contribution in [2.75, 3.05) is 13.2 Å². The zero-order valence-electron chi connectivity index (χ0n) is 20.6. The Balaban J connectivity index is 1.51. The SMILES string of the molecule is CCCC(CC[C@@H]1CC[C@@H]2[C@@H](C=C[C@@H](O)COc3cccc(C(F)(F)F)c3)[C@H](O)C[C@@H]2OC1)C(=O)O. The molecule has 2 fully saturated rings. The number of carboxylic acids is 1. The van der Waals surface area contributed by atoms with E-state index in [9.17, 15) is 33.3 Å². The summed E-state index contributed by atoms with van der Waals surface area (Å²) in [5.41, 5.74) is -0.819. The molecule has 6 nitrogen and oxygen atoms in total. The van der Waals surface area contributed by atoms with Crippen LogP contribution in [0, 0.1) is 23.7 Å². The first kappa shape index (κ1) is 28.5. The zero-order valence-corrected chi connectivity index (χ0v) is 20.6. The predicted octanol–water partition coefficient (Wildman–Crippen LogP) is 5.07. The monoisotopic (exact) mass is 514 g/mol. The van der Waals surface area contributed by atoms with Crippen LogP contribution in [0.1, 0.15) is 57.4 Å². The summed E-state index contributed by atoms with van der Waals surface area (Å²) in [6.45, 7) is 2.32. The van der Waals surface area contributed by atoms with Gasteiger partial charge in [0.25, 0.3) is 0 Å². The van der Waals surface area contributed by atoms with Crippen LogP contribution in [-0.2, 0) is 15.7 Å². The zero-order chi connectivity index (χ0) is 26.3. The quantitative estimate of drug-likeness (QED) is 0.357. The summed E-state index contributed by atoms with van der Waals surface area (Å²) in [7, 11) is 0. The van der Waals surface area contributed by atoms with Gasteiger partial charge in [0.2, 0.25) is 0 Å². The number of aliphatic carboxylic acids is 1. The molecule has 1 aromatic rings. The highest BCUT2D eigenvalue weighted by molar-refractivity contribution is 5.69. The number of ether oxygens (including phenoxy) is 2. The van der Waals surface area contributed by atoms with Crippen molar-refractivity contribution in [3.05, 3.63) is 42.0 Å². The van der Waals surface area contributed by atoms with Gasteiger partial charge >= 0.3 is 12.1 Å². The summed E-state index contributed by atoms with van der Waals surface area (Å²) in [4.78, 5) is 11.4. The normalized spacial score (nSPS) is 28.4. The minimum atomic E-state index is -4.47. The summed E-state index contributed by atoms with van der Waals surface area (Å²) >= 11 is 0. The smallest absolute Gasteiger partial charge is 0.416 e. The van der Waals surface area contributed by atoms with Gasteiger partial charge in [-0.2, -0.15) is 13.2 Å². The molecule has 1 aliphatic heterocycles. The van der Waals surface area contributed by atoms with Gasteiger partial charge in [0.05, 0.1) is 23.7 Å². The van der Waals surface area contributed by atoms with Crippen LogP contribution in [0.2, 0.25) is 0 Å². The summed E-state index contributed by atoms with van der Waals surface area (Å²) in [5, 5.41) is 30.3. The number of carboxylic acid groups (broad SMARTS) is 1. The number of aliphatic hydroxyl groups is 2. The number of benzene rings is 1. The standard InChI is InChI=1S/C27H37F3O6/c1-2-4-18(26(33)34)9-7-17-8-11-23-22(24(32)14-25(23)36-15-17)12-10-20(31)16-35-21-6-3-5-19(13-21)27(28,29)30/h3,5-6,10,12-13,17-18,20,22-25,31-32H,2,4,7-9,11,14-16H2,1H3,(H,33,34)/t17-,18?,20-,22-,23-,24-,25+/m1/s1. The Kier molecular flexibility index (Phi) is 10.2. The molecule has 1 aliphatic carbocycles. The van der Waals surface area contributed by atoms with E-state index in [4.69, 9.17) is 9.47 Å². The van der Waals surface area contributed by atoms with Gasteiger partial charge in [0.15, 0.2) is 0 Å². The van der Waals surface area contributed by atoms with Gasteiger partial charge in [-0.1, -0.05) is 31.6 Å². The molecule has 3 rings (SSSR count). The number of hydrogen-bond acceptors (Lipinski definition) is 5. The topological polar surface area (TPSA) is 96.2 Å². The maximum atomic E-state index is 12.9. The van der Waals surface area contributed by atoms with Crippen LogP contribution in [0.4, 0.5) is 13.2 Å². The lowest BCUT2D eigenvalue weighted by Gasteiger charge is -2.21. The van der Waals surface area contributed by atoms with Crippen LogP contribution in [-0.4, -0.2) is 52.8 Å². The Morgan fingerprint density at radius 3 is 2.75 bits per heavy atom. The average molecular weight is 515 g/mol. The molecular weight excluding hydrogens is 477 g/mol. The highest BCUT2D eigenvalue weighted by Crippen LogP contribution is 2.42. The van der Waals surface area contributed by atoms with E-state index in [1.54, 1.807) is 6.08 Å². The molecule has 1 saturated carbocycles. The third kappa shape index (κ3) is 7.95. The van der Waals surface area contributed by atoms with Gasteiger partial charge in [-0.05, 0) is 62.1 Å². The van der Waals surface area contributed by atoms with E-state index in [-0.39, 0.29) is 42.1 Å². The number of aliphatic hydroxyl groups excluding tert-OH is 2. The molecule has 0 radical (unpaired) electrons. The van der Waals surface area contributed by atoms with Gasteiger partial charge in [-0.25, -0.2) is 0 Å². The third-order valence-electron chi connectivity index (χ3n) is 7.39. The first-order chi connectivity index (χ1) is 17.1. The van der Waals surface area contributed by atoms with Crippen molar-refractivity contribution in [2.24, 2.45) is 23.7 Å². The van der Waals surface area contributed by atoms with Gasteiger partial charge in [0, 0.05) is 18.9 Å². The van der Waals surface area contributed by atoms with Crippen molar-refractivity contribution in [3.8, 4) is 5.75 Å². The Morgan fingerprint density at radius 2 is 2.06 bits per heavy atom. The van der Waals surface area contributed by atoms with Gasteiger partial charge in [-0.3, -0.25) is 4.79 Å². The lowest BCUT2D eigenvalue weighted by molar-refractivity contribution is -0.142. The molecule has 9 heteroatoms. The predicted molar refractivity (Wildman–Crippen MR) is 127 cm³/mol. The van der Waals surface area contributed by atoms with Crippen molar-refractivity contribution >= 4 is 5.97 Å². The van der Waals surface area contributed by atoms with Crippen LogP contribution in [0.15, 0.2) is 36.4 Å². The van der Waals surface area contributed by atoms with Crippen LogP contribution < -0.4 is 4.74 Å². The van der Waals surface area contributed by atoms with Crippen molar-refractivity contribution in [3.63, 3.8) is 0 Å². The van der Waals surface area contributed by atoms with E-state index >= 15 is 0 Å². The molecular formula is C27H37F3O6. The van der Waals surface area contributed by atoms with Crippen molar-refractivity contribution in [2.45, 2.75) is 76.4 Å². The fourth-order valence-electron chi connectivity index (χ4n) is 5.38. The van der Waals surface area contributed by atoms with E-state index in [1.807, 2.05) is 6.92 Å². The molecule has 1 saturated heterocycles. The second kappa shape index (κ2) is 12.9. The van der Waals surface area contributed by atoms with Crippen molar-refractivity contribution in [1.82, 2.24) is 0 Å². The fourth-order valence-corrected chi connectivity index (χ4v) is 5.38. The van der Waals surface area contributed by atoms with Crippen LogP contribution in [0.3, 0.4) is 0 Å². The van der Waals surface area contributed by atoms with Crippen LogP contribution >= 0.6 is 0 Å². The first-order valence-electron chi connectivity index (χ1n) is 12.8. The summed E-state index contributed by atoms with van der Waals surface area (Å²) in [6, 6.07) is 4.50. The van der Waals surface area contributed by atoms with Crippen LogP contribution in [0.5, 0.6) is 5.75 Å². The minimum absolute atomic E-state index is 0.0190. The van der Waals surface area contributed by atoms with Crippen molar-refractivity contribution in [1.29, 1.82) is 0 Å². The lowest BCUT2D eigenvalue weighted by atomic mass is 9.85. The molecule has 36 heavy (non-hydrogen) atoms. The second-order valence-corrected chi connectivity index (χ2v) is 10.0. The lowest BCUT2D eigenvalue weighted by Crippen LogP contribution is -2.22. The van der Waals surface area contributed by atoms with Crippen molar-refractivity contribution < 1.29 is 42.8 Å².